The lowest BCUT2D eigenvalue weighted by atomic mass is 9.57. The summed E-state index contributed by atoms with van der Waals surface area (Å²) >= 11 is 0. The predicted octanol–water partition coefficient (Wildman–Crippen LogP) is 7.06. The van der Waals surface area contributed by atoms with Gasteiger partial charge in [-0.15, -0.1) is 0 Å². The maximum atomic E-state index is 4.36. The van der Waals surface area contributed by atoms with E-state index in [1.807, 2.05) is 0 Å². The zero-order valence-corrected chi connectivity index (χ0v) is 19.2. The topological polar surface area (TPSA) is 3.24 Å². The van der Waals surface area contributed by atoms with Crippen LogP contribution in [0, 0.1) is 11.3 Å². The lowest BCUT2D eigenvalue weighted by Gasteiger charge is -2.47. The minimum atomic E-state index is 0.382. The van der Waals surface area contributed by atoms with E-state index in [2.05, 4.69) is 71.5 Å². The first-order chi connectivity index (χ1) is 13.2. The molecule has 0 radical (unpaired) electrons. The molecule has 0 saturated heterocycles. The normalized spacial score (nSPS) is 22.9. The number of hydrogen-bond donors (Lipinski definition) is 0. The van der Waals surface area contributed by atoms with E-state index in [0.717, 1.165) is 12.3 Å². The molecular formula is C27H41N. The van der Waals surface area contributed by atoms with E-state index in [4.69, 9.17) is 0 Å². The van der Waals surface area contributed by atoms with Gasteiger partial charge in [-0.05, 0) is 72.6 Å². The quantitative estimate of drug-likeness (QED) is 0.362. The van der Waals surface area contributed by atoms with Gasteiger partial charge in [0.05, 0.1) is 0 Å². The molecule has 2 aliphatic carbocycles. The number of aryl methyl sites for hydroxylation is 1. The number of benzene rings is 1. The highest BCUT2D eigenvalue weighted by Crippen LogP contribution is 2.53. The molecule has 0 spiro atoms. The van der Waals surface area contributed by atoms with Crippen LogP contribution in [0.25, 0.3) is 0 Å². The summed E-state index contributed by atoms with van der Waals surface area (Å²) in [6, 6.07) is 5.08. The average molecular weight is 380 g/mol. The monoisotopic (exact) mass is 379 g/mol. The molecule has 28 heavy (non-hydrogen) atoms. The van der Waals surface area contributed by atoms with Gasteiger partial charge in [-0.1, -0.05) is 64.0 Å². The molecule has 3 rings (SSSR count). The highest BCUT2D eigenvalue weighted by Gasteiger charge is 2.43. The Kier molecular flexibility index (Phi) is 6.42. The van der Waals surface area contributed by atoms with E-state index < -0.39 is 0 Å². The second kappa shape index (κ2) is 8.47. The van der Waals surface area contributed by atoms with Gasteiger partial charge in [0.2, 0.25) is 0 Å². The number of hydrogen-bond acceptors (Lipinski definition) is 1. The molecule has 0 aromatic heterocycles. The molecule has 1 aromatic carbocycles. The smallest absolute Gasteiger partial charge is 0.0122 e. The fraction of sp³-hybridized carbons (Fsp3) is 0.630. The Morgan fingerprint density at radius 2 is 1.96 bits per heavy atom. The molecule has 2 aliphatic rings. The Morgan fingerprint density at radius 1 is 1.21 bits per heavy atom. The van der Waals surface area contributed by atoms with Crippen LogP contribution in [-0.4, -0.2) is 19.0 Å². The minimum Gasteiger partial charge on any atom is -0.381 e. The van der Waals surface area contributed by atoms with Crippen LogP contribution < -0.4 is 0 Å². The summed E-state index contributed by atoms with van der Waals surface area (Å²) < 4.78 is 0. The Balaban J connectivity index is 2.08. The van der Waals surface area contributed by atoms with E-state index in [9.17, 15) is 0 Å². The third-order valence-electron chi connectivity index (χ3n) is 7.24. The van der Waals surface area contributed by atoms with Crippen LogP contribution in [-0.2, 0) is 19.3 Å². The van der Waals surface area contributed by atoms with Crippen molar-refractivity contribution >= 4 is 0 Å². The number of allylic oxidation sites excluding steroid dienone is 3. The highest BCUT2D eigenvalue weighted by atomic mass is 15.1. The molecule has 154 valence electrons. The third-order valence-corrected chi connectivity index (χ3v) is 7.24. The summed E-state index contributed by atoms with van der Waals surface area (Å²) in [4.78, 5) is 2.18. The summed E-state index contributed by atoms with van der Waals surface area (Å²) in [6.45, 7) is 14.0. The molecule has 0 saturated carbocycles. The molecule has 0 amide bonds. The third kappa shape index (κ3) is 4.39. The minimum absolute atomic E-state index is 0.382. The molecule has 1 aromatic rings. The Bertz CT molecular complexity index is 750. The van der Waals surface area contributed by atoms with Crippen molar-refractivity contribution in [3.05, 3.63) is 58.3 Å². The summed E-state index contributed by atoms with van der Waals surface area (Å²) in [5, 5.41) is 0. The number of fused-ring (bicyclic) bond motifs is 3. The first kappa shape index (κ1) is 21.2. The first-order valence-corrected chi connectivity index (χ1v) is 11.4. The summed E-state index contributed by atoms with van der Waals surface area (Å²) in [6.07, 6.45) is 12.6. The second-order valence-corrected chi connectivity index (χ2v) is 10.3. The number of rotatable bonds is 7. The van der Waals surface area contributed by atoms with Gasteiger partial charge in [-0.3, -0.25) is 0 Å². The molecule has 0 N–H and O–H groups in total. The highest BCUT2D eigenvalue weighted by molar-refractivity contribution is 5.48. The molecule has 0 fully saturated rings. The van der Waals surface area contributed by atoms with Gasteiger partial charge in [0.25, 0.3) is 0 Å². The van der Waals surface area contributed by atoms with Gasteiger partial charge in [-0.2, -0.15) is 0 Å². The fourth-order valence-electron chi connectivity index (χ4n) is 5.53. The standard InChI is InChI=1S/C27H41N/c1-8-9-10-11-21-16-22(15-20(3)28(6)7)26-23(17-21)18-27(4,5)25-13-12-19(2)14-24(25)26/h14,16-17,24-25H,3,8-13,15,18H2,1-2,4-7H3. The maximum Gasteiger partial charge on any atom is 0.0122 e. The van der Waals surface area contributed by atoms with Gasteiger partial charge >= 0.3 is 0 Å². The van der Waals surface area contributed by atoms with Gasteiger partial charge in [-0.25, -0.2) is 0 Å². The molecule has 2 unspecified atom stereocenters. The Hall–Kier alpha value is -1.50. The van der Waals surface area contributed by atoms with E-state index in [1.165, 1.54) is 50.6 Å². The molecular weight excluding hydrogens is 338 g/mol. The van der Waals surface area contributed by atoms with Crippen molar-refractivity contribution in [1.82, 2.24) is 4.90 Å². The molecule has 1 heteroatoms. The predicted molar refractivity (Wildman–Crippen MR) is 123 cm³/mol. The summed E-state index contributed by atoms with van der Waals surface area (Å²) in [5.74, 6) is 1.35. The van der Waals surface area contributed by atoms with Crippen LogP contribution in [0.2, 0.25) is 0 Å². The second-order valence-electron chi connectivity index (χ2n) is 10.3. The average Bonchev–Trinajstić information content (AvgIpc) is 2.60. The van der Waals surface area contributed by atoms with Crippen LogP contribution in [0.3, 0.4) is 0 Å². The SMILES string of the molecule is C=C(Cc1cc(CCCCC)cc2c1C1C=C(C)CCC1C(C)(C)C2)N(C)C. The van der Waals surface area contributed by atoms with E-state index in [1.54, 1.807) is 27.8 Å². The van der Waals surface area contributed by atoms with Gasteiger partial charge in [0.15, 0.2) is 0 Å². The molecule has 2 atom stereocenters. The Morgan fingerprint density at radius 3 is 2.64 bits per heavy atom. The van der Waals surface area contributed by atoms with E-state index in [-0.39, 0.29) is 0 Å². The van der Waals surface area contributed by atoms with E-state index >= 15 is 0 Å². The zero-order chi connectivity index (χ0) is 20.5. The van der Waals surface area contributed by atoms with Crippen molar-refractivity contribution in [2.45, 2.75) is 85.0 Å². The number of nitrogens with zero attached hydrogens (tertiary/aromatic N) is 1. The van der Waals surface area contributed by atoms with Crippen LogP contribution in [0.4, 0.5) is 0 Å². The first-order valence-electron chi connectivity index (χ1n) is 11.4. The van der Waals surface area contributed by atoms with Gasteiger partial charge in [0.1, 0.15) is 0 Å². The van der Waals surface area contributed by atoms with Crippen LogP contribution in [0.5, 0.6) is 0 Å². The summed E-state index contributed by atoms with van der Waals surface area (Å²) in [7, 11) is 4.24. The fourth-order valence-corrected chi connectivity index (χ4v) is 5.53. The van der Waals surface area contributed by atoms with Crippen molar-refractivity contribution in [2.24, 2.45) is 11.3 Å². The molecule has 0 aliphatic heterocycles. The van der Waals surface area contributed by atoms with Crippen molar-refractivity contribution in [3.8, 4) is 0 Å². The van der Waals surface area contributed by atoms with Gasteiger partial charge < -0.3 is 4.90 Å². The lowest BCUT2D eigenvalue weighted by molar-refractivity contribution is 0.157. The number of likely N-dealkylation sites (N-methyl/N-ethyl adjacent to an activating group) is 1. The molecule has 0 bridgehead atoms. The molecule has 0 heterocycles. The van der Waals surface area contributed by atoms with Crippen molar-refractivity contribution in [2.75, 3.05) is 14.1 Å². The van der Waals surface area contributed by atoms with Crippen LogP contribution in [0.15, 0.2) is 36.1 Å². The summed E-state index contributed by atoms with van der Waals surface area (Å²) in [5.41, 5.74) is 9.52. The van der Waals surface area contributed by atoms with Crippen molar-refractivity contribution in [3.63, 3.8) is 0 Å². The largest absolute Gasteiger partial charge is 0.381 e. The van der Waals surface area contributed by atoms with E-state index in [0.29, 0.717) is 11.3 Å². The maximum absolute atomic E-state index is 4.36. The van der Waals surface area contributed by atoms with Gasteiger partial charge in [0, 0.05) is 32.1 Å². The van der Waals surface area contributed by atoms with Crippen LogP contribution >= 0.6 is 0 Å². The number of unbranched alkanes of at least 4 members (excludes halogenated alkanes) is 2. The van der Waals surface area contributed by atoms with Crippen LogP contribution in [0.1, 0.15) is 88.0 Å². The Labute approximate surface area is 173 Å². The lowest BCUT2D eigenvalue weighted by Crippen LogP contribution is -2.38. The zero-order valence-electron chi connectivity index (χ0n) is 19.2. The van der Waals surface area contributed by atoms with Crippen molar-refractivity contribution < 1.29 is 0 Å². The molecule has 1 nitrogen and oxygen atoms in total. The van der Waals surface area contributed by atoms with Crippen molar-refractivity contribution in [1.29, 1.82) is 0 Å².